The van der Waals surface area contributed by atoms with Gasteiger partial charge in [-0.15, -0.1) is 0 Å². The van der Waals surface area contributed by atoms with Gasteiger partial charge in [-0.05, 0) is 47.7 Å². The fraction of sp³-hybridized carbons (Fsp3) is 0.231. The minimum absolute atomic E-state index is 0.470. The van der Waals surface area contributed by atoms with Crippen LogP contribution < -0.4 is 9.47 Å². The molecule has 0 radical (unpaired) electrons. The van der Waals surface area contributed by atoms with Crippen LogP contribution in [0.5, 0.6) is 11.5 Å². The molecule has 1 aliphatic rings. The number of hydrogen-bond donors (Lipinski definition) is 0. The van der Waals surface area contributed by atoms with Gasteiger partial charge < -0.3 is 9.47 Å². The summed E-state index contributed by atoms with van der Waals surface area (Å²) in [7, 11) is 0. The van der Waals surface area contributed by atoms with Crippen LogP contribution in [-0.4, -0.2) is 23.2 Å². The Hall–Kier alpha value is -1.08. The number of aromatic nitrogens is 2. The van der Waals surface area contributed by atoms with Gasteiger partial charge in [-0.3, -0.25) is 0 Å². The third-order valence-corrected chi connectivity index (χ3v) is 4.66. The maximum Gasteiger partial charge on any atom is 0.162 e. The van der Waals surface area contributed by atoms with Crippen molar-refractivity contribution in [3.8, 4) is 22.9 Å². The van der Waals surface area contributed by atoms with Gasteiger partial charge in [0.25, 0.3) is 0 Å². The highest BCUT2D eigenvalue weighted by Crippen LogP contribution is 2.34. The molecule has 4 nitrogen and oxygen atoms in total. The van der Waals surface area contributed by atoms with Gasteiger partial charge in [0.1, 0.15) is 18.4 Å². The molecule has 0 unspecified atom stereocenters. The van der Waals surface area contributed by atoms with Crippen molar-refractivity contribution in [1.82, 2.24) is 9.97 Å². The summed E-state index contributed by atoms with van der Waals surface area (Å²) in [6, 6.07) is 5.66. The SMILES string of the molecule is Cc1nc(-c2ccc3c(c2)OCCO3)nc(Cl)c1I. The summed E-state index contributed by atoms with van der Waals surface area (Å²) in [5.74, 6) is 2.07. The zero-order valence-electron chi connectivity index (χ0n) is 10.1. The van der Waals surface area contributed by atoms with Gasteiger partial charge in [-0.1, -0.05) is 11.6 Å². The summed E-state index contributed by atoms with van der Waals surface area (Å²) in [4.78, 5) is 8.76. The number of nitrogens with zero attached hydrogens (tertiary/aromatic N) is 2. The summed E-state index contributed by atoms with van der Waals surface area (Å²) in [5, 5.41) is 0.470. The number of ether oxygens (including phenoxy) is 2. The zero-order valence-corrected chi connectivity index (χ0v) is 13.0. The van der Waals surface area contributed by atoms with Crippen molar-refractivity contribution in [3.63, 3.8) is 0 Å². The first-order valence-corrected chi connectivity index (χ1v) is 7.20. The van der Waals surface area contributed by atoms with Gasteiger partial charge in [0.2, 0.25) is 0 Å². The fourth-order valence-electron chi connectivity index (χ4n) is 1.84. The smallest absolute Gasteiger partial charge is 0.162 e. The number of aryl methyl sites for hydroxylation is 1. The van der Waals surface area contributed by atoms with Crippen LogP contribution in [-0.2, 0) is 0 Å². The van der Waals surface area contributed by atoms with E-state index in [0.29, 0.717) is 24.2 Å². The molecule has 0 saturated carbocycles. The van der Waals surface area contributed by atoms with Gasteiger partial charge in [-0.2, -0.15) is 0 Å². The Labute approximate surface area is 129 Å². The van der Waals surface area contributed by atoms with Gasteiger partial charge >= 0.3 is 0 Å². The first-order chi connectivity index (χ1) is 9.15. The molecule has 0 amide bonds. The van der Waals surface area contributed by atoms with Crippen LogP contribution in [0.3, 0.4) is 0 Å². The fourth-order valence-corrected chi connectivity index (χ4v) is 2.29. The first kappa shape index (κ1) is 12.9. The number of hydrogen-bond acceptors (Lipinski definition) is 4. The maximum atomic E-state index is 6.10. The lowest BCUT2D eigenvalue weighted by Gasteiger charge is -2.18. The normalized spacial score (nSPS) is 13.4. The second-order valence-corrected chi connectivity index (χ2v) is 5.53. The predicted molar refractivity (Wildman–Crippen MR) is 80.9 cm³/mol. The van der Waals surface area contributed by atoms with Crippen LogP contribution in [0.15, 0.2) is 18.2 Å². The molecule has 0 atom stereocenters. The van der Waals surface area contributed by atoms with Crippen molar-refractivity contribution >= 4 is 34.2 Å². The van der Waals surface area contributed by atoms with Gasteiger partial charge in [0.05, 0.1) is 9.26 Å². The van der Waals surface area contributed by atoms with Crippen molar-refractivity contribution in [2.75, 3.05) is 13.2 Å². The van der Waals surface area contributed by atoms with Gasteiger partial charge in [0.15, 0.2) is 17.3 Å². The van der Waals surface area contributed by atoms with E-state index in [4.69, 9.17) is 21.1 Å². The minimum atomic E-state index is 0.470. The Morgan fingerprint density at radius 2 is 1.89 bits per heavy atom. The molecule has 6 heteroatoms. The second kappa shape index (κ2) is 5.13. The van der Waals surface area contributed by atoms with Crippen LogP contribution in [0.1, 0.15) is 5.69 Å². The quantitative estimate of drug-likeness (QED) is 0.554. The molecule has 1 aliphatic heterocycles. The Morgan fingerprint density at radius 3 is 2.63 bits per heavy atom. The molecule has 1 aromatic carbocycles. The number of fused-ring (bicyclic) bond motifs is 1. The summed E-state index contributed by atoms with van der Waals surface area (Å²) < 4.78 is 11.9. The molecule has 2 heterocycles. The lowest BCUT2D eigenvalue weighted by atomic mass is 10.2. The highest BCUT2D eigenvalue weighted by Gasteiger charge is 2.15. The third kappa shape index (κ3) is 2.49. The number of halogens is 2. The van der Waals surface area contributed by atoms with Crippen molar-refractivity contribution in [1.29, 1.82) is 0 Å². The van der Waals surface area contributed by atoms with Gasteiger partial charge in [0, 0.05) is 5.56 Å². The molecule has 1 aromatic heterocycles. The van der Waals surface area contributed by atoms with Crippen LogP contribution in [0.2, 0.25) is 5.15 Å². The number of rotatable bonds is 1. The Kier molecular flexibility index (Phi) is 3.49. The van der Waals surface area contributed by atoms with E-state index < -0.39 is 0 Å². The van der Waals surface area contributed by atoms with Crippen molar-refractivity contribution in [3.05, 3.63) is 32.6 Å². The molecular formula is C13H10ClIN2O2. The van der Waals surface area contributed by atoms with E-state index in [2.05, 4.69) is 32.6 Å². The van der Waals surface area contributed by atoms with Crippen molar-refractivity contribution in [2.24, 2.45) is 0 Å². The zero-order chi connectivity index (χ0) is 13.4. The largest absolute Gasteiger partial charge is 0.486 e. The molecule has 0 bridgehead atoms. The van der Waals surface area contributed by atoms with Crippen molar-refractivity contribution in [2.45, 2.75) is 6.92 Å². The predicted octanol–water partition coefficient (Wildman–Crippen LogP) is 3.48. The van der Waals surface area contributed by atoms with Crippen LogP contribution in [0, 0.1) is 10.5 Å². The van der Waals surface area contributed by atoms with Crippen LogP contribution in [0.25, 0.3) is 11.4 Å². The third-order valence-electron chi connectivity index (χ3n) is 2.78. The Morgan fingerprint density at radius 1 is 1.16 bits per heavy atom. The molecule has 0 spiro atoms. The van der Waals surface area contributed by atoms with E-state index in [1.807, 2.05) is 25.1 Å². The lowest BCUT2D eigenvalue weighted by Crippen LogP contribution is -2.15. The van der Waals surface area contributed by atoms with E-state index in [-0.39, 0.29) is 0 Å². The summed E-state index contributed by atoms with van der Waals surface area (Å²) in [6.45, 7) is 3.05. The average molecular weight is 389 g/mol. The first-order valence-electron chi connectivity index (χ1n) is 5.75. The minimum Gasteiger partial charge on any atom is -0.486 e. The van der Waals surface area contributed by atoms with Crippen LogP contribution in [0.4, 0.5) is 0 Å². The van der Waals surface area contributed by atoms with E-state index in [0.717, 1.165) is 26.3 Å². The molecule has 98 valence electrons. The topological polar surface area (TPSA) is 44.2 Å². The second-order valence-electron chi connectivity index (χ2n) is 4.10. The van der Waals surface area contributed by atoms with E-state index >= 15 is 0 Å². The summed E-state index contributed by atoms with van der Waals surface area (Å²) in [6.07, 6.45) is 0. The highest BCUT2D eigenvalue weighted by atomic mass is 127. The van der Waals surface area contributed by atoms with E-state index in [1.165, 1.54) is 0 Å². The standard InChI is InChI=1S/C13H10ClIN2O2/c1-7-11(15)12(14)17-13(16-7)8-2-3-9-10(6-8)19-5-4-18-9/h2-3,6H,4-5H2,1H3. The molecule has 0 saturated heterocycles. The van der Waals surface area contributed by atoms with Crippen LogP contribution >= 0.6 is 34.2 Å². The Balaban J connectivity index is 2.07. The molecule has 0 N–H and O–H groups in total. The maximum absolute atomic E-state index is 6.10. The molecule has 3 rings (SSSR count). The molecule has 2 aromatic rings. The summed E-state index contributed by atoms with van der Waals surface area (Å²) >= 11 is 8.24. The monoisotopic (exact) mass is 388 g/mol. The average Bonchev–Trinajstić information content (AvgIpc) is 2.43. The van der Waals surface area contributed by atoms with Gasteiger partial charge in [-0.25, -0.2) is 9.97 Å². The molecular weight excluding hydrogens is 379 g/mol. The van der Waals surface area contributed by atoms with E-state index in [1.54, 1.807) is 0 Å². The molecule has 0 aliphatic carbocycles. The molecule has 0 fully saturated rings. The lowest BCUT2D eigenvalue weighted by molar-refractivity contribution is 0.171. The number of benzene rings is 1. The van der Waals surface area contributed by atoms with E-state index in [9.17, 15) is 0 Å². The van der Waals surface area contributed by atoms with Crippen molar-refractivity contribution < 1.29 is 9.47 Å². The molecule has 19 heavy (non-hydrogen) atoms. The highest BCUT2D eigenvalue weighted by molar-refractivity contribution is 14.1. The Bertz CT molecular complexity index is 626. The summed E-state index contributed by atoms with van der Waals surface area (Å²) in [5.41, 5.74) is 1.73.